The van der Waals surface area contributed by atoms with Crippen LogP contribution in [0, 0.1) is 3.57 Å². The number of amides is 1. The molecule has 0 spiro atoms. The van der Waals surface area contributed by atoms with Gasteiger partial charge in [0.25, 0.3) is 0 Å². The molecule has 0 unspecified atom stereocenters. The van der Waals surface area contributed by atoms with Crippen molar-refractivity contribution in [3.05, 3.63) is 57.7 Å². The molecule has 2 aromatic carbocycles. The molecule has 0 aromatic heterocycles. The Bertz CT molecular complexity index is 581. The van der Waals surface area contributed by atoms with E-state index in [4.69, 9.17) is 4.74 Å². The van der Waals surface area contributed by atoms with Gasteiger partial charge in [0, 0.05) is 3.57 Å². The van der Waals surface area contributed by atoms with Crippen LogP contribution in [0.5, 0.6) is 5.75 Å². The summed E-state index contributed by atoms with van der Waals surface area (Å²) in [6.07, 6.45) is 0.359. The van der Waals surface area contributed by atoms with E-state index < -0.39 is 0 Å². The van der Waals surface area contributed by atoms with Gasteiger partial charge in [-0.1, -0.05) is 24.3 Å². The molecular formula is C16H16INO2. The fourth-order valence-electron chi connectivity index (χ4n) is 1.81. The molecule has 0 saturated heterocycles. The smallest absolute Gasteiger partial charge is 0.228 e. The number of hydrogen-bond acceptors (Lipinski definition) is 2. The average Bonchev–Trinajstić information content (AvgIpc) is 2.44. The normalized spacial score (nSPS) is 10.1. The van der Waals surface area contributed by atoms with Gasteiger partial charge < -0.3 is 10.1 Å². The number of para-hydroxylation sites is 1. The van der Waals surface area contributed by atoms with Crippen LogP contribution >= 0.6 is 22.6 Å². The quantitative estimate of drug-likeness (QED) is 0.799. The van der Waals surface area contributed by atoms with Gasteiger partial charge in [0.1, 0.15) is 5.75 Å². The Hall–Kier alpha value is -1.56. The maximum absolute atomic E-state index is 12.0. The predicted octanol–water partition coefficient (Wildman–Crippen LogP) is 3.87. The third-order valence-corrected chi connectivity index (χ3v) is 3.69. The highest BCUT2D eigenvalue weighted by molar-refractivity contribution is 14.1. The molecule has 2 rings (SSSR count). The molecule has 0 radical (unpaired) electrons. The number of ether oxygens (including phenoxy) is 1. The number of halogens is 1. The van der Waals surface area contributed by atoms with Gasteiger partial charge in [0.15, 0.2) is 0 Å². The molecule has 0 aliphatic rings. The Morgan fingerprint density at radius 2 is 1.85 bits per heavy atom. The van der Waals surface area contributed by atoms with Gasteiger partial charge in [0.05, 0.1) is 18.7 Å². The van der Waals surface area contributed by atoms with Crippen LogP contribution in [0.3, 0.4) is 0 Å². The molecule has 2 aromatic rings. The molecule has 0 saturated carbocycles. The summed E-state index contributed by atoms with van der Waals surface area (Å²) < 4.78 is 6.41. The second-order valence-corrected chi connectivity index (χ2v) is 5.44. The first-order chi connectivity index (χ1) is 9.69. The van der Waals surface area contributed by atoms with E-state index in [0.717, 1.165) is 20.6 Å². The number of carbonyl (C=O) groups excluding carboxylic acids is 1. The van der Waals surface area contributed by atoms with Crippen LogP contribution in [0.25, 0.3) is 0 Å². The van der Waals surface area contributed by atoms with Crippen LogP contribution in [-0.4, -0.2) is 12.5 Å². The minimum atomic E-state index is -0.0155. The van der Waals surface area contributed by atoms with Crippen molar-refractivity contribution >= 4 is 34.2 Å². The molecule has 0 heterocycles. The molecule has 0 aliphatic carbocycles. The molecule has 0 atom stereocenters. The minimum Gasteiger partial charge on any atom is -0.494 e. The largest absolute Gasteiger partial charge is 0.494 e. The Morgan fingerprint density at radius 1 is 1.15 bits per heavy atom. The first kappa shape index (κ1) is 14.8. The summed E-state index contributed by atoms with van der Waals surface area (Å²) >= 11 is 2.21. The highest BCUT2D eigenvalue weighted by atomic mass is 127. The monoisotopic (exact) mass is 381 g/mol. The van der Waals surface area contributed by atoms with Gasteiger partial charge >= 0.3 is 0 Å². The summed E-state index contributed by atoms with van der Waals surface area (Å²) in [7, 11) is 0. The van der Waals surface area contributed by atoms with Crippen LogP contribution in [0.1, 0.15) is 12.5 Å². The fraction of sp³-hybridized carbons (Fsp3) is 0.188. The van der Waals surface area contributed by atoms with Gasteiger partial charge in [-0.15, -0.1) is 0 Å². The van der Waals surface area contributed by atoms with Crippen LogP contribution in [0.2, 0.25) is 0 Å². The summed E-state index contributed by atoms with van der Waals surface area (Å²) in [5.74, 6) is 0.813. The highest BCUT2D eigenvalue weighted by Gasteiger charge is 2.06. The second kappa shape index (κ2) is 7.28. The number of anilines is 1. The van der Waals surface area contributed by atoms with E-state index in [1.54, 1.807) is 0 Å². The van der Waals surface area contributed by atoms with Crippen LogP contribution in [-0.2, 0) is 11.2 Å². The van der Waals surface area contributed by atoms with Gasteiger partial charge in [-0.3, -0.25) is 4.79 Å². The predicted molar refractivity (Wildman–Crippen MR) is 89.1 cm³/mol. The number of rotatable bonds is 5. The Kier molecular flexibility index (Phi) is 5.40. The van der Waals surface area contributed by atoms with Gasteiger partial charge in [0.2, 0.25) is 5.91 Å². The van der Waals surface area contributed by atoms with E-state index in [1.165, 1.54) is 0 Å². The summed E-state index contributed by atoms with van der Waals surface area (Å²) in [5.41, 5.74) is 1.82. The van der Waals surface area contributed by atoms with Gasteiger partial charge in [-0.25, -0.2) is 0 Å². The molecule has 3 nitrogen and oxygen atoms in total. The molecule has 104 valence electrons. The first-order valence-corrected chi connectivity index (χ1v) is 7.53. The fourth-order valence-corrected chi connectivity index (χ4v) is 2.33. The molecular weight excluding hydrogens is 365 g/mol. The van der Waals surface area contributed by atoms with E-state index in [0.29, 0.717) is 13.0 Å². The summed E-state index contributed by atoms with van der Waals surface area (Å²) in [6, 6.07) is 15.3. The molecule has 0 fully saturated rings. The summed E-state index contributed by atoms with van der Waals surface area (Å²) in [6.45, 7) is 2.59. The van der Waals surface area contributed by atoms with E-state index in [-0.39, 0.29) is 5.91 Å². The van der Waals surface area contributed by atoms with Gasteiger partial charge in [-0.2, -0.15) is 0 Å². The van der Waals surface area contributed by atoms with Crippen molar-refractivity contribution in [2.75, 3.05) is 11.9 Å². The zero-order chi connectivity index (χ0) is 14.4. The molecule has 4 heteroatoms. The van der Waals surface area contributed by atoms with Crippen molar-refractivity contribution < 1.29 is 9.53 Å². The Balaban J connectivity index is 1.96. The third kappa shape index (κ3) is 4.23. The SMILES string of the molecule is CCOc1ccc(CC(=O)Nc2ccccc2I)cc1. The zero-order valence-electron chi connectivity index (χ0n) is 11.2. The van der Waals surface area contributed by atoms with Gasteiger partial charge in [-0.05, 0) is 59.3 Å². The number of carbonyl (C=O) groups is 1. The van der Waals surface area contributed by atoms with E-state index in [1.807, 2.05) is 55.5 Å². The second-order valence-electron chi connectivity index (χ2n) is 4.28. The van der Waals surface area contributed by atoms with Crippen molar-refractivity contribution in [2.45, 2.75) is 13.3 Å². The zero-order valence-corrected chi connectivity index (χ0v) is 13.4. The van der Waals surface area contributed by atoms with E-state index >= 15 is 0 Å². The number of hydrogen-bond donors (Lipinski definition) is 1. The highest BCUT2D eigenvalue weighted by Crippen LogP contribution is 2.18. The molecule has 1 amide bonds. The lowest BCUT2D eigenvalue weighted by Gasteiger charge is -2.08. The summed E-state index contributed by atoms with van der Waals surface area (Å²) in [4.78, 5) is 12.0. The first-order valence-electron chi connectivity index (χ1n) is 6.45. The van der Waals surface area contributed by atoms with Crippen molar-refractivity contribution in [3.63, 3.8) is 0 Å². The van der Waals surface area contributed by atoms with E-state index in [9.17, 15) is 4.79 Å². The average molecular weight is 381 g/mol. The lowest BCUT2D eigenvalue weighted by Crippen LogP contribution is -2.15. The van der Waals surface area contributed by atoms with Crippen molar-refractivity contribution in [1.82, 2.24) is 0 Å². The number of nitrogens with one attached hydrogen (secondary N) is 1. The third-order valence-electron chi connectivity index (χ3n) is 2.75. The van der Waals surface area contributed by atoms with Crippen LogP contribution in [0.15, 0.2) is 48.5 Å². The standard InChI is InChI=1S/C16H16INO2/c1-2-20-13-9-7-12(8-10-13)11-16(19)18-15-6-4-3-5-14(15)17/h3-10H,2,11H2,1H3,(H,18,19). The molecule has 0 bridgehead atoms. The van der Waals surface area contributed by atoms with Crippen molar-refractivity contribution in [1.29, 1.82) is 0 Å². The van der Waals surface area contributed by atoms with Crippen molar-refractivity contribution in [2.24, 2.45) is 0 Å². The van der Waals surface area contributed by atoms with Crippen LogP contribution < -0.4 is 10.1 Å². The Labute approximate surface area is 132 Å². The maximum atomic E-state index is 12.0. The number of benzene rings is 2. The topological polar surface area (TPSA) is 38.3 Å². The molecule has 20 heavy (non-hydrogen) atoms. The van der Waals surface area contributed by atoms with Crippen LogP contribution in [0.4, 0.5) is 5.69 Å². The lowest BCUT2D eigenvalue weighted by molar-refractivity contribution is -0.115. The van der Waals surface area contributed by atoms with Crippen molar-refractivity contribution in [3.8, 4) is 5.75 Å². The Morgan fingerprint density at radius 3 is 2.50 bits per heavy atom. The lowest BCUT2D eigenvalue weighted by atomic mass is 10.1. The maximum Gasteiger partial charge on any atom is 0.228 e. The summed E-state index contributed by atoms with van der Waals surface area (Å²) in [5, 5.41) is 2.92. The minimum absolute atomic E-state index is 0.0155. The molecule has 0 aliphatic heterocycles. The molecule has 1 N–H and O–H groups in total. The van der Waals surface area contributed by atoms with E-state index in [2.05, 4.69) is 27.9 Å².